The zero-order valence-electron chi connectivity index (χ0n) is 5.26. The number of nitrogens with one attached hydrogen (secondary N) is 1. The van der Waals surface area contributed by atoms with Crippen LogP contribution in [0.3, 0.4) is 0 Å². The minimum absolute atomic E-state index is 1.19. The van der Waals surface area contributed by atoms with Crippen LogP contribution in [0.25, 0.3) is 0 Å². The summed E-state index contributed by atoms with van der Waals surface area (Å²) in [6.45, 7) is 6.51. The predicted octanol–water partition coefficient (Wildman–Crippen LogP) is 1.87. The zero-order valence-corrected chi connectivity index (χ0v) is 8.77. The van der Waals surface area contributed by atoms with Gasteiger partial charge in [0.1, 0.15) is 8.24 Å². The Morgan fingerprint density at radius 3 is 1.62 bits per heavy atom. The van der Waals surface area contributed by atoms with Crippen LogP contribution >= 0.6 is 22.2 Å². The predicted molar refractivity (Wildman–Crippen MR) is 43.9 cm³/mol. The lowest BCUT2D eigenvalue weighted by Crippen LogP contribution is -2.45. The standard InChI is InChI=1S/C3H10Cl2NSi2/c1-8(2,3)6-7(4)5/h6H,1-3H3. The molecule has 0 aliphatic carbocycles. The molecule has 0 atom stereocenters. The number of rotatable bonds is 2. The number of halogens is 2. The van der Waals surface area contributed by atoms with Crippen LogP contribution in [0.15, 0.2) is 0 Å². The first-order chi connectivity index (χ1) is 3.42. The lowest BCUT2D eigenvalue weighted by molar-refractivity contribution is 1.42. The molecule has 0 aromatic rings. The summed E-state index contributed by atoms with van der Waals surface area (Å²) in [5.74, 6) is 0. The van der Waals surface area contributed by atoms with Crippen molar-refractivity contribution < 1.29 is 0 Å². The molecule has 0 aromatic heterocycles. The molecule has 0 saturated carbocycles. The van der Waals surface area contributed by atoms with Crippen molar-refractivity contribution in [2.45, 2.75) is 19.6 Å². The van der Waals surface area contributed by atoms with Crippen molar-refractivity contribution in [2.75, 3.05) is 0 Å². The van der Waals surface area contributed by atoms with E-state index in [4.69, 9.17) is 22.2 Å². The van der Waals surface area contributed by atoms with Gasteiger partial charge in [0.15, 0.2) is 0 Å². The topological polar surface area (TPSA) is 12.0 Å². The Kier molecular flexibility index (Phi) is 3.61. The van der Waals surface area contributed by atoms with Crippen LogP contribution in [-0.4, -0.2) is 15.8 Å². The third-order valence-electron chi connectivity index (χ3n) is 0.469. The maximum Gasteiger partial charge on any atom is 0.350 e. The van der Waals surface area contributed by atoms with Gasteiger partial charge in [0, 0.05) is 0 Å². The van der Waals surface area contributed by atoms with Crippen LogP contribution < -0.4 is 4.65 Å². The highest BCUT2D eigenvalue weighted by Crippen LogP contribution is 1.99. The van der Waals surface area contributed by atoms with Crippen LogP contribution in [0.2, 0.25) is 19.6 Å². The van der Waals surface area contributed by atoms with E-state index in [-0.39, 0.29) is 0 Å². The van der Waals surface area contributed by atoms with Crippen molar-refractivity contribution >= 4 is 38.0 Å². The SMILES string of the molecule is C[Si](C)(C)N[Si](Cl)Cl. The van der Waals surface area contributed by atoms with E-state index in [2.05, 4.69) is 24.3 Å². The molecule has 0 aromatic carbocycles. The van der Waals surface area contributed by atoms with Gasteiger partial charge < -0.3 is 4.65 Å². The normalized spacial score (nSPS) is 12.8. The second-order valence-electron chi connectivity index (χ2n) is 2.64. The van der Waals surface area contributed by atoms with Gasteiger partial charge in [-0.25, -0.2) is 0 Å². The number of hydrogen-bond donors (Lipinski definition) is 1. The highest BCUT2D eigenvalue weighted by atomic mass is 35.7. The summed E-state index contributed by atoms with van der Waals surface area (Å²) in [7, 11) is -2.42. The molecule has 0 amide bonds. The van der Waals surface area contributed by atoms with E-state index in [1.807, 2.05) is 0 Å². The fraction of sp³-hybridized carbons (Fsp3) is 1.00. The molecular weight excluding hydrogens is 177 g/mol. The van der Waals surface area contributed by atoms with E-state index in [1.54, 1.807) is 0 Å². The van der Waals surface area contributed by atoms with Gasteiger partial charge in [0.25, 0.3) is 0 Å². The summed E-state index contributed by atoms with van der Waals surface area (Å²) < 4.78 is 3.15. The Morgan fingerprint density at radius 2 is 1.62 bits per heavy atom. The van der Waals surface area contributed by atoms with Crippen LogP contribution in [0.5, 0.6) is 0 Å². The van der Waals surface area contributed by atoms with Crippen LogP contribution in [-0.2, 0) is 0 Å². The van der Waals surface area contributed by atoms with Gasteiger partial charge in [-0.15, -0.1) is 22.2 Å². The second-order valence-corrected chi connectivity index (χ2v) is 11.5. The molecule has 0 aliphatic rings. The van der Waals surface area contributed by atoms with Gasteiger partial charge >= 0.3 is 7.58 Å². The van der Waals surface area contributed by atoms with E-state index in [1.165, 1.54) is 0 Å². The first-order valence-electron chi connectivity index (χ1n) is 2.38. The minimum Gasteiger partial charge on any atom is -0.335 e. The average molecular weight is 187 g/mol. The van der Waals surface area contributed by atoms with Gasteiger partial charge in [0.2, 0.25) is 0 Å². The van der Waals surface area contributed by atoms with Crippen LogP contribution in [0, 0.1) is 0 Å². The average Bonchev–Trinajstić information content (AvgIpc) is 1.21. The molecule has 5 heteroatoms. The van der Waals surface area contributed by atoms with E-state index < -0.39 is 15.8 Å². The Morgan fingerprint density at radius 1 is 1.25 bits per heavy atom. The van der Waals surface area contributed by atoms with Crippen molar-refractivity contribution in [3.8, 4) is 0 Å². The maximum absolute atomic E-state index is 5.55. The molecule has 8 heavy (non-hydrogen) atoms. The quantitative estimate of drug-likeness (QED) is 0.514. The van der Waals surface area contributed by atoms with E-state index >= 15 is 0 Å². The van der Waals surface area contributed by atoms with Crippen molar-refractivity contribution in [3.05, 3.63) is 0 Å². The highest BCUT2D eigenvalue weighted by Gasteiger charge is 2.17. The van der Waals surface area contributed by atoms with E-state index in [9.17, 15) is 0 Å². The summed E-state index contributed by atoms with van der Waals surface area (Å²) in [4.78, 5) is 0. The third kappa shape index (κ3) is 6.97. The lowest BCUT2D eigenvalue weighted by atomic mass is 11.8. The fourth-order valence-electron chi connectivity index (χ4n) is 0.283. The van der Waals surface area contributed by atoms with E-state index in [0.29, 0.717) is 0 Å². The Hall–Kier alpha value is 0.974. The van der Waals surface area contributed by atoms with Crippen molar-refractivity contribution in [2.24, 2.45) is 0 Å². The van der Waals surface area contributed by atoms with Crippen LogP contribution in [0.1, 0.15) is 0 Å². The number of hydrogen-bond acceptors (Lipinski definition) is 1. The fourth-order valence-corrected chi connectivity index (χ4v) is 7.65. The smallest absolute Gasteiger partial charge is 0.335 e. The van der Waals surface area contributed by atoms with Gasteiger partial charge in [-0.05, 0) is 0 Å². The first kappa shape index (κ1) is 8.97. The molecule has 0 fully saturated rings. The van der Waals surface area contributed by atoms with Gasteiger partial charge in [-0.3, -0.25) is 0 Å². The Labute approximate surface area is 62.6 Å². The van der Waals surface area contributed by atoms with Gasteiger partial charge in [-0.1, -0.05) is 19.6 Å². The Bertz CT molecular complexity index is 70.2. The van der Waals surface area contributed by atoms with Crippen LogP contribution in [0.4, 0.5) is 0 Å². The molecule has 0 heterocycles. The summed E-state index contributed by atoms with van der Waals surface area (Å²) in [6, 6.07) is 0. The second kappa shape index (κ2) is 3.22. The highest BCUT2D eigenvalue weighted by molar-refractivity contribution is 7.34. The molecule has 49 valence electrons. The largest absolute Gasteiger partial charge is 0.350 e. The first-order valence-corrected chi connectivity index (χ1v) is 9.40. The summed E-state index contributed by atoms with van der Waals surface area (Å²) in [5.41, 5.74) is 0. The van der Waals surface area contributed by atoms with Crippen molar-refractivity contribution in [3.63, 3.8) is 0 Å². The molecule has 0 unspecified atom stereocenters. The minimum atomic E-state index is -1.24. The van der Waals surface area contributed by atoms with E-state index in [0.717, 1.165) is 0 Å². The van der Waals surface area contributed by atoms with Gasteiger partial charge in [0.05, 0.1) is 0 Å². The summed E-state index contributed by atoms with van der Waals surface area (Å²) in [6.07, 6.45) is 0. The molecule has 0 rings (SSSR count). The molecule has 0 spiro atoms. The maximum atomic E-state index is 5.55. The lowest BCUT2D eigenvalue weighted by Gasteiger charge is -2.16. The molecule has 1 nitrogen and oxygen atoms in total. The molecular formula is C3H10Cl2NSi2. The molecule has 0 bridgehead atoms. The zero-order chi connectivity index (χ0) is 6.78. The molecule has 1 radical (unpaired) electrons. The summed E-state index contributed by atoms with van der Waals surface area (Å²) in [5, 5.41) is 0. The molecule has 1 N–H and O–H groups in total. The van der Waals surface area contributed by atoms with Crippen molar-refractivity contribution in [1.82, 2.24) is 4.65 Å². The third-order valence-corrected chi connectivity index (χ3v) is 5.93. The van der Waals surface area contributed by atoms with Gasteiger partial charge in [-0.2, -0.15) is 0 Å². The monoisotopic (exact) mass is 186 g/mol. The summed E-state index contributed by atoms with van der Waals surface area (Å²) >= 11 is 11.1. The Balaban J connectivity index is 3.39. The molecule has 0 aliphatic heterocycles. The molecule has 0 saturated heterocycles. The van der Waals surface area contributed by atoms with Crippen molar-refractivity contribution in [1.29, 1.82) is 0 Å².